The highest BCUT2D eigenvalue weighted by molar-refractivity contribution is 5.85. The van der Waals surface area contributed by atoms with E-state index in [0.29, 0.717) is 5.91 Å². The molecule has 1 aromatic rings. The number of anilines is 1. The summed E-state index contributed by atoms with van der Waals surface area (Å²) in [5, 5.41) is 3.32. The number of rotatable bonds is 6. The van der Waals surface area contributed by atoms with E-state index in [1.807, 2.05) is 6.07 Å². The van der Waals surface area contributed by atoms with Crippen LogP contribution in [0, 0.1) is 23.2 Å². The van der Waals surface area contributed by atoms with Gasteiger partial charge in [0.05, 0.1) is 0 Å². The summed E-state index contributed by atoms with van der Waals surface area (Å²) in [5.41, 5.74) is -0.00391. The first-order valence-corrected chi connectivity index (χ1v) is 11.2. The molecular formula is C22H35Cl2N5O. The number of amides is 1. The molecule has 5 fully saturated rings. The van der Waals surface area contributed by atoms with Crippen LogP contribution in [0.4, 0.5) is 5.95 Å². The third-order valence-electron chi connectivity index (χ3n) is 7.66. The van der Waals surface area contributed by atoms with Crippen LogP contribution in [-0.2, 0) is 4.79 Å². The number of aromatic nitrogens is 2. The van der Waals surface area contributed by atoms with Gasteiger partial charge in [-0.1, -0.05) is 0 Å². The van der Waals surface area contributed by atoms with Gasteiger partial charge < -0.3 is 10.2 Å². The van der Waals surface area contributed by atoms with Crippen LogP contribution in [0.2, 0.25) is 0 Å². The van der Waals surface area contributed by atoms with E-state index in [1.165, 1.54) is 19.3 Å². The number of hydrogen-bond donors (Lipinski definition) is 1. The van der Waals surface area contributed by atoms with E-state index in [2.05, 4.69) is 25.1 Å². The molecule has 1 amide bonds. The summed E-state index contributed by atoms with van der Waals surface area (Å²) in [6.45, 7) is 5.92. The molecule has 8 heteroatoms. The predicted molar refractivity (Wildman–Crippen MR) is 123 cm³/mol. The third kappa shape index (κ3) is 4.86. The lowest BCUT2D eigenvalue weighted by Gasteiger charge is -2.55. The molecule has 0 atom stereocenters. The summed E-state index contributed by atoms with van der Waals surface area (Å²) in [4.78, 5) is 26.5. The van der Waals surface area contributed by atoms with E-state index in [4.69, 9.17) is 0 Å². The van der Waals surface area contributed by atoms with E-state index in [9.17, 15) is 4.79 Å². The SMILES string of the molecule is Cl.Cl.O=C(NCCCN1CCN(c2ncccn2)CC1)C12CC3CC(CC(C3)C1)C2. The van der Waals surface area contributed by atoms with Crippen molar-refractivity contribution in [2.75, 3.05) is 44.2 Å². The van der Waals surface area contributed by atoms with Crippen LogP contribution in [0.3, 0.4) is 0 Å². The maximum Gasteiger partial charge on any atom is 0.226 e. The maximum absolute atomic E-state index is 13.0. The van der Waals surface area contributed by atoms with Crippen LogP contribution in [0.15, 0.2) is 18.5 Å². The van der Waals surface area contributed by atoms with Gasteiger partial charge >= 0.3 is 0 Å². The van der Waals surface area contributed by atoms with Gasteiger partial charge in [0.15, 0.2) is 0 Å². The van der Waals surface area contributed by atoms with E-state index >= 15 is 0 Å². The van der Waals surface area contributed by atoms with Gasteiger partial charge in [-0.25, -0.2) is 9.97 Å². The number of nitrogens with zero attached hydrogens (tertiary/aromatic N) is 4. The topological polar surface area (TPSA) is 61.4 Å². The van der Waals surface area contributed by atoms with Crippen molar-refractivity contribution in [1.82, 2.24) is 20.2 Å². The Bertz CT molecular complexity index is 661. The zero-order valence-corrected chi connectivity index (χ0v) is 19.3. The van der Waals surface area contributed by atoms with E-state index < -0.39 is 0 Å². The molecule has 1 N–H and O–H groups in total. The van der Waals surface area contributed by atoms with Crippen LogP contribution in [0.1, 0.15) is 44.9 Å². The highest BCUT2D eigenvalue weighted by Crippen LogP contribution is 2.60. The Morgan fingerprint density at radius 2 is 1.53 bits per heavy atom. The Morgan fingerprint density at radius 3 is 2.10 bits per heavy atom. The monoisotopic (exact) mass is 455 g/mol. The summed E-state index contributed by atoms with van der Waals surface area (Å²) in [5.74, 6) is 3.72. The van der Waals surface area contributed by atoms with Gasteiger partial charge in [-0.2, -0.15) is 0 Å². The van der Waals surface area contributed by atoms with Crippen molar-refractivity contribution in [2.45, 2.75) is 44.9 Å². The fourth-order valence-electron chi connectivity index (χ4n) is 6.71. The van der Waals surface area contributed by atoms with Gasteiger partial charge in [0, 0.05) is 50.5 Å². The third-order valence-corrected chi connectivity index (χ3v) is 7.66. The number of halogens is 2. The van der Waals surface area contributed by atoms with Crippen molar-refractivity contribution in [3.63, 3.8) is 0 Å². The summed E-state index contributed by atoms with van der Waals surface area (Å²) >= 11 is 0. The lowest BCUT2D eigenvalue weighted by molar-refractivity contribution is -0.146. The van der Waals surface area contributed by atoms with Gasteiger partial charge in [-0.05, 0) is 75.3 Å². The minimum absolute atomic E-state index is 0. The average Bonchev–Trinajstić information content (AvgIpc) is 2.71. The Balaban J connectivity index is 0.00000128. The Hall–Kier alpha value is -1.11. The number of nitrogens with one attached hydrogen (secondary N) is 1. The van der Waals surface area contributed by atoms with E-state index in [1.54, 1.807) is 12.4 Å². The van der Waals surface area contributed by atoms with Gasteiger partial charge in [0.2, 0.25) is 11.9 Å². The minimum atomic E-state index is -0.00391. The summed E-state index contributed by atoms with van der Waals surface area (Å²) in [6, 6.07) is 1.86. The number of piperazine rings is 1. The first-order chi connectivity index (χ1) is 13.7. The van der Waals surface area contributed by atoms with Crippen molar-refractivity contribution in [3.8, 4) is 0 Å². The van der Waals surface area contributed by atoms with Crippen LogP contribution in [-0.4, -0.2) is 60.0 Å². The molecule has 0 radical (unpaired) electrons. The molecule has 4 bridgehead atoms. The second-order valence-electron chi connectivity index (χ2n) is 9.68. The van der Waals surface area contributed by atoms with Gasteiger partial charge in [0.25, 0.3) is 0 Å². The van der Waals surface area contributed by atoms with Gasteiger partial charge in [0.1, 0.15) is 0 Å². The second kappa shape index (κ2) is 10.0. The van der Waals surface area contributed by atoms with E-state index in [0.717, 1.165) is 88.7 Å². The number of carbonyl (C=O) groups is 1. The maximum atomic E-state index is 13.0. The minimum Gasteiger partial charge on any atom is -0.356 e. The van der Waals surface area contributed by atoms with Crippen LogP contribution in [0.25, 0.3) is 0 Å². The molecule has 168 valence electrons. The number of hydrogen-bond acceptors (Lipinski definition) is 5. The Labute approximate surface area is 192 Å². The molecule has 1 saturated heterocycles. The fraction of sp³-hybridized carbons (Fsp3) is 0.773. The average molecular weight is 456 g/mol. The van der Waals surface area contributed by atoms with Crippen molar-refractivity contribution in [1.29, 1.82) is 0 Å². The second-order valence-corrected chi connectivity index (χ2v) is 9.68. The predicted octanol–water partition coefficient (Wildman–Crippen LogP) is 3.16. The quantitative estimate of drug-likeness (QED) is 0.667. The molecule has 4 aliphatic carbocycles. The van der Waals surface area contributed by atoms with Crippen molar-refractivity contribution < 1.29 is 4.79 Å². The molecule has 6 rings (SSSR count). The highest BCUT2D eigenvalue weighted by atomic mass is 35.5. The molecule has 30 heavy (non-hydrogen) atoms. The molecule has 4 saturated carbocycles. The molecule has 1 aliphatic heterocycles. The standard InChI is InChI=1S/C22H33N5O.2ClH/c28-20(22-14-17-11-18(15-22)13-19(12-17)16-22)23-5-2-6-26-7-9-27(10-8-26)21-24-3-1-4-25-21;;/h1,3-4,17-19H,2,5-16H2,(H,23,28);2*1H. The molecule has 1 aromatic heterocycles. The molecule has 5 aliphatic rings. The summed E-state index contributed by atoms with van der Waals surface area (Å²) < 4.78 is 0. The van der Waals surface area contributed by atoms with Crippen molar-refractivity contribution in [3.05, 3.63) is 18.5 Å². The molecule has 6 nitrogen and oxygen atoms in total. The molecule has 2 heterocycles. The van der Waals surface area contributed by atoms with Crippen LogP contribution < -0.4 is 10.2 Å². The number of carbonyl (C=O) groups excluding carboxylic acids is 1. The molecule has 0 aromatic carbocycles. The molecular weight excluding hydrogens is 421 g/mol. The largest absolute Gasteiger partial charge is 0.356 e. The first kappa shape index (κ1) is 23.6. The fourth-order valence-corrected chi connectivity index (χ4v) is 6.71. The Kier molecular flexibility index (Phi) is 7.86. The van der Waals surface area contributed by atoms with Crippen LogP contribution in [0.5, 0.6) is 0 Å². The Morgan fingerprint density at radius 1 is 0.967 bits per heavy atom. The lowest BCUT2D eigenvalue weighted by Crippen LogP contribution is -2.53. The van der Waals surface area contributed by atoms with Gasteiger partial charge in [-0.15, -0.1) is 24.8 Å². The lowest BCUT2D eigenvalue weighted by atomic mass is 9.49. The zero-order chi connectivity index (χ0) is 19.0. The van der Waals surface area contributed by atoms with Crippen molar-refractivity contribution >= 4 is 36.7 Å². The van der Waals surface area contributed by atoms with Crippen LogP contribution >= 0.6 is 24.8 Å². The molecule has 0 spiro atoms. The first-order valence-electron chi connectivity index (χ1n) is 11.2. The zero-order valence-electron chi connectivity index (χ0n) is 17.7. The van der Waals surface area contributed by atoms with Gasteiger partial charge in [-0.3, -0.25) is 9.69 Å². The summed E-state index contributed by atoms with van der Waals surface area (Å²) in [6.07, 6.45) is 12.3. The smallest absolute Gasteiger partial charge is 0.226 e. The summed E-state index contributed by atoms with van der Waals surface area (Å²) in [7, 11) is 0. The molecule has 0 unspecified atom stereocenters. The highest BCUT2D eigenvalue weighted by Gasteiger charge is 2.54. The van der Waals surface area contributed by atoms with Crippen molar-refractivity contribution in [2.24, 2.45) is 23.2 Å². The van der Waals surface area contributed by atoms with E-state index in [-0.39, 0.29) is 30.2 Å². The normalized spacial score (nSPS) is 32.3.